The largest absolute Gasteiger partial charge is 0.331 e. The number of imide groups is 1. The van der Waals surface area contributed by atoms with Crippen LogP contribution in [0.2, 0.25) is 0 Å². The summed E-state index contributed by atoms with van der Waals surface area (Å²) in [6.07, 6.45) is 1.96. The second-order valence-electron chi connectivity index (χ2n) is 6.29. The van der Waals surface area contributed by atoms with E-state index in [0.29, 0.717) is 30.3 Å². The number of para-hydroxylation sites is 1. The van der Waals surface area contributed by atoms with Crippen LogP contribution in [0.5, 0.6) is 0 Å². The molecule has 0 radical (unpaired) electrons. The monoisotopic (exact) mass is 322 g/mol. The van der Waals surface area contributed by atoms with E-state index in [9.17, 15) is 9.59 Å². The van der Waals surface area contributed by atoms with Gasteiger partial charge in [-0.2, -0.15) is 0 Å². The van der Waals surface area contributed by atoms with Crippen LogP contribution in [0.4, 0.5) is 10.5 Å². The Bertz CT molecular complexity index is 692. The van der Waals surface area contributed by atoms with Gasteiger partial charge in [-0.3, -0.25) is 4.79 Å². The average molecular weight is 322 g/mol. The third-order valence-electron chi connectivity index (χ3n) is 4.48. The van der Waals surface area contributed by atoms with Gasteiger partial charge in [-0.15, -0.1) is 0 Å². The first-order valence-electron chi connectivity index (χ1n) is 8.40. The molecule has 3 rings (SSSR count). The Morgan fingerprint density at radius 1 is 0.917 bits per heavy atom. The van der Waals surface area contributed by atoms with Crippen LogP contribution < -0.4 is 4.90 Å². The highest BCUT2D eigenvalue weighted by Crippen LogP contribution is 2.22. The third kappa shape index (κ3) is 3.48. The van der Waals surface area contributed by atoms with Crippen LogP contribution in [0, 0.1) is 5.92 Å². The van der Waals surface area contributed by atoms with Crippen molar-refractivity contribution in [2.45, 2.75) is 19.8 Å². The topological polar surface area (TPSA) is 40.6 Å². The first-order chi connectivity index (χ1) is 11.7. The molecule has 0 spiro atoms. The lowest BCUT2D eigenvalue weighted by Gasteiger charge is -2.34. The minimum atomic E-state index is -0.287. The summed E-state index contributed by atoms with van der Waals surface area (Å²) in [7, 11) is 0. The number of piperidine rings is 1. The molecule has 0 aliphatic carbocycles. The average Bonchev–Trinajstić information content (AvgIpc) is 2.64. The Morgan fingerprint density at radius 2 is 1.46 bits per heavy atom. The lowest BCUT2D eigenvalue weighted by molar-refractivity contribution is 0.0981. The molecule has 4 nitrogen and oxygen atoms in total. The van der Waals surface area contributed by atoms with E-state index in [1.807, 2.05) is 36.4 Å². The fraction of sp³-hybridized carbons (Fsp3) is 0.300. The molecule has 1 aliphatic heterocycles. The number of carbonyl (C=O) groups excluding carboxylic acids is 2. The fourth-order valence-corrected chi connectivity index (χ4v) is 2.94. The van der Waals surface area contributed by atoms with E-state index < -0.39 is 0 Å². The maximum absolute atomic E-state index is 13.1. The second kappa shape index (κ2) is 7.30. The van der Waals surface area contributed by atoms with Gasteiger partial charge in [0.2, 0.25) is 0 Å². The van der Waals surface area contributed by atoms with E-state index in [4.69, 9.17) is 0 Å². The zero-order valence-electron chi connectivity index (χ0n) is 13.9. The summed E-state index contributed by atoms with van der Waals surface area (Å²) >= 11 is 0. The second-order valence-corrected chi connectivity index (χ2v) is 6.29. The minimum Gasteiger partial charge on any atom is -0.324 e. The molecule has 24 heavy (non-hydrogen) atoms. The van der Waals surface area contributed by atoms with E-state index in [1.165, 1.54) is 4.90 Å². The van der Waals surface area contributed by atoms with Crippen molar-refractivity contribution in [1.82, 2.24) is 4.90 Å². The molecular formula is C20H22N2O2. The smallest absolute Gasteiger partial charge is 0.324 e. The van der Waals surface area contributed by atoms with Crippen molar-refractivity contribution in [3.8, 4) is 0 Å². The molecule has 0 saturated carbocycles. The number of carbonyl (C=O) groups is 2. The predicted molar refractivity (Wildman–Crippen MR) is 95.1 cm³/mol. The van der Waals surface area contributed by atoms with Gasteiger partial charge in [0, 0.05) is 18.7 Å². The van der Waals surface area contributed by atoms with E-state index in [-0.39, 0.29) is 11.9 Å². The first kappa shape index (κ1) is 16.2. The summed E-state index contributed by atoms with van der Waals surface area (Å²) < 4.78 is 0. The van der Waals surface area contributed by atoms with Crippen LogP contribution in [0.3, 0.4) is 0 Å². The van der Waals surface area contributed by atoms with Crippen LogP contribution >= 0.6 is 0 Å². The number of nitrogens with zero attached hydrogens (tertiary/aromatic N) is 2. The van der Waals surface area contributed by atoms with Crippen molar-refractivity contribution in [2.24, 2.45) is 5.92 Å². The Labute approximate surface area is 142 Å². The van der Waals surface area contributed by atoms with E-state index >= 15 is 0 Å². The summed E-state index contributed by atoms with van der Waals surface area (Å²) in [4.78, 5) is 29.1. The zero-order chi connectivity index (χ0) is 16.9. The Morgan fingerprint density at radius 3 is 2.04 bits per heavy atom. The van der Waals surface area contributed by atoms with Crippen LogP contribution in [0.25, 0.3) is 0 Å². The zero-order valence-corrected chi connectivity index (χ0v) is 13.9. The summed E-state index contributed by atoms with van der Waals surface area (Å²) in [5, 5.41) is 0. The molecule has 4 heteroatoms. The van der Waals surface area contributed by atoms with Gasteiger partial charge in [0.1, 0.15) is 0 Å². The highest BCUT2D eigenvalue weighted by atomic mass is 16.2. The number of benzene rings is 2. The quantitative estimate of drug-likeness (QED) is 0.832. The molecule has 3 amide bonds. The lowest BCUT2D eigenvalue weighted by Crippen LogP contribution is -2.49. The minimum absolute atomic E-state index is 0.234. The molecule has 1 saturated heterocycles. The standard InChI is InChI=1S/C20H22N2O2/c1-16-12-14-21(15-13-16)20(24)22(18-10-6-3-7-11-18)19(23)17-8-4-2-5-9-17/h2-11,16H,12-15H2,1H3. The van der Waals surface area contributed by atoms with Crippen molar-refractivity contribution in [2.75, 3.05) is 18.0 Å². The SMILES string of the molecule is CC1CCN(C(=O)N(C(=O)c2ccccc2)c2ccccc2)CC1. The van der Waals surface area contributed by atoms with Gasteiger partial charge in [0.15, 0.2) is 0 Å². The van der Waals surface area contributed by atoms with Gasteiger partial charge in [-0.05, 0) is 43.0 Å². The lowest BCUT2D eigenvalue weighted by atomic mass is 9.99. The highest BCUT2D eigenvalue weighted by molar-refractivity contribution is 6.20. The molecule has 0 bridgehead atoms. The van der Waals surface area contributed by atoms with Gasteiger partial charge in [0.05, 0.1) is 5.69 Å². The van der Waals surface area contributed by atoms with Gasteiger partial charge in [-0.25, -0.2) is 9.69 Å². The van der Waals surface area contributed by atoms with E-state index in [0.717, 1.165) is 12.8 Å². The molecule has 0 unspecified atom stereocenters. The van der Waals surface area contributed by atoms with Crippen molar-refractivity contribution >= 4 is 17.6 Å². The van der Waals surface area contributed by atoms with Crippen LogP contribution in [-0.2, 0) is 0 Å². The summed E-state index contributed by atoms with van der Waals surface area (Å²) in [6, 6.07) is 17.9. The molecule has 1 aliphatic rings. The predicted octanol–water partition coefficient (Wildman–Crippen LogP) is 4.19. The van der Waals surface area contributed by atoms with Crippen LogP contribution in [0.15, 0.2) is 60.7 Å². The van der Waals surface area contributed by atoms with Gasteiger partial charge < -0.3 is 4.90 Å². The maximum atomic E-state index is 13.1. The maximum Gasteiger partial charge on any atom is 0.331 e. The summed E-state index contributed by atoms with van der Waals surface area (Å²) in [5.41, 5.74) is 1.12. The summed E-state index contributed by atoms with van der Waals surface area (Å²) in [6.45, 7) is 3.60. The van der Waals surface area contributed by atoms with Crippen molar-refractivity contribution in [3.05, 3.63) is 66.2 Å². The first-order valence-corrected chi connectivity index (χ1v) is 8.40. The summed E-state index contributed by atoms with van der Waals surface area (Å²) in [5.74, 6) is 0.342. The Kier molecular flexibility index (Phi) is 4.94. The number of amides is 3. The third-order valence-corrected chi connectivity index (χ3v) is 4.48. The molecule has 1 fully saturated rings. The molecule has 124 valence electrons. The highest BCUT2D eigenvalue weighted by Gasteiger charge is 2.30. The number of rotatable bonds is 2. The number of urea groups is 1. The number of hydrogen-bond donors (Lipinski definition) is 0. The molecule has 2 aromatic rings. The normalized spacial score (nSPS) is 15.1. The molecule has 0 atom stereocenters. The van der Waals surface area contributed by atoms with Crippen molar-refractivity contribution < 1.29 is 9.59 Å². The molecule has 2 aromatic carbocycles. The van der Waals surface area contributed by atoms with Gasteiger partial charge >= 0.3 is 6.03 Å². The van der Waals surface area contributed by atoms with Gasteiger partial charge in [-0.1, -0.05) is 43.3 Å². The number of likely N-dealkylation sites (tertiary alicyclic amines) is 1. The van der Waals surface area contributed by atoms with E-state index in [1.54, 1.807) is 29.2 Å². The molecule has 0 aromatic heterocycles. The van der Waals surface area contributed by atoms with Gasteiger partial charge in [0.25, 0.3) is 5.91 Å². The Hall–Kier alpha value is -2.62. The van der Waals surface area contributed by atoms with E-state index in [2.05, 4.69) is 6.92 Å². The fourth-order valence-electron chi connectivity index (χ4n) is 2.94. The number of anilines is 1. The Balaban J connectivity index is 1.91. The van der Waals surface area contributed by atoms with Crippen molar-refractivity contribution in [3.63, 3.8) is 0 Å². The molecular weight excluding hydrogens is 300 g/mol. The molecule has 0 N–H and O–H groups in total. The number of hydrogen-bond acceptors (Lipinski definition) is 2. The van der Waals surface area contributed by atoms with Crippen LogP contribution in [-0.4, -0.2) is 29.9 Å². The van der Waals surface area contributed by atoms with Crippen molar-refractivity contribution in [1.29, 1.82) is 0 Å². The van der Waals surface area contributed by atoms with Crippen LogP contribution in [0.1, 0.15) is 30.1 Å². The molecule has 1 heterocycles.